The van der Waals surface area contributed by atoms with Crippen molar-refractivity contribution >= 4 is 23.4 Å². The summed E-state index contributed by atoms with van der Waals surface area (Å²) in [5.41, 5.74) is 2.13. The van der Waals surface area contributed by atoms with Gasteiger partial charge >= 0.3 is 0 Å². The Hall–Kier alpha value is -3.09. The van der Waals surface area contributed by atoms with E-state index in [4.69, 9.17) is 0 Å². The van der Waals surface area contributed by atoms with Crippen molar-refractivity contribution in [1.82, 2.24) is 15.6 Å². The van der Waals surface area contributed by atoms with Gasteiger partial charge in [0, 0.05) is 43.5 Å². The lowest BCUT2D eigenvalue weighted by Gasteiger charge is -2.20. The number of guanidine groups is 1. The van der Waals surface area contributed by atoms with Crippen LogP contribution in [-0.2, 0) is 4.79 Å². The molecule has 1 fully saturated rings. The topological polar surface area (TPSA) is 81.6 Å². The zero-order valence-corrected chi connectivity index (χ0v) is 17.2. The summed E-state index contributed by atoms with van der Waals surface area (Å²) in [6.45, 7) is 7.10. The van der Waals surface area contributed by atoms with Gasteiger partial charge in [0.2, 0.25) is 5.91 Å². The van der Waals surface area contributed by atoms with E-state index in [-0.39, 0.29) is 5.91 Å². The van der Waals surface area contributed by atoms with Gasteiger partial charge in [0.05, 0.1) is 6.54 Å². The number of hydrogen-bond acceptors (Lipinski definition) is 4. The lowest BCUT2D eigenvalue weighted by atomic mass is 10.3. The molecule has 0 bridgehead atoms. The minimum absolute atomic E-state index is 0.0844. The first-order chi connectivity index (χ1) is 14.1. The van der Waals surface area contributed by atoms with E-state index in [0.29, 0.717) is 24.8 Å². The lowest BCUT2D eigenvalue weighted by molar-refractivity contribution is -0.116. The summed E-state index contributed by atoms with van der Waals surface area (Å²) in [6, 6.07) is 16.4. The molecule has 3 rings (SSSR count). The molecule has 1 aliphatic rings. The summed E-state index contributed by atoms with van der Waals surface area (Å²) < 4.78 is 0. The zero-order valence-electron chi connectivity index (χ0n) is 17.2. The number of aromatic nitrogens is 1. The number of amides is 1. The smallest absolute Gasteiger partial charge is 0.227 e. The molecule has 1 aromatic carbocycles. The van der Waals surface area contributed by atoms with Crippen LogP contribution < -0.4 is 20.9 Å². The molecule has 0 spiro atoms. The average Bonchev–Trinajstić information content (AvgIpc) is 3.17. The first-order valence-electron chi connectivity index (χ1n) is 10.2. The maximum atomic E-state index is 12.1. The van der Waals surface area contributed by atoms with Gasteiger partial charge in [0.1, 0.15) is 5.82 Å². The number of pyridine rings is 1. The molecule has 1 saturated heterocycles. The van der Waals surface area contributed by atoms with E-state index in [1.54, 1.807) is 6.07 Å². The summed E-state index contributed by atoms with van der Waals surface area (Å²) in [4.78, 5) is 23.4. The van der Waals surface area contributed by atoms with Gasteiger partial charge < -0.3 is 20.9 Å². The first-order valence-corrected chi connectivity index (χ1v) is 10.2. The summed E-state index contributed by atoms with van der Waals surface area (Å²) in [6.07, 6.45) is 1.37. The Morgan fingerprint density at radius 2 is 2.03 bits per heavy atom. The SMILES string of the molecule is CCNC(=NCCC(=O)Nc1cccc(C)n1)NC1CCN(c2ccccc2)C1. The van der Waals surface area contributed by atoms with E-state index in [0.717, 1.165) is 37.7 Å². The van der Waals surface area contributed by atoms with E-state index < -0.39 is 0 Å². The van der Waals surface area contributed by atoms with Crippen LogP contribution >= 0.6 is 0 Å². The highest BCUT2D eigenvalue weighted by Gasteiger charge is 2.23. The summed E-state index contributed by atoms with van der Waals surface area (Å²) in [7, 11) is 0. The van der Waals surface area contributed by atoms with Crippen LogP contribution in [0.4, 0.5) is 11.5 Å². The summed E-state index contributed by atoms with van der Waals surface area (Å²) >= 11 is 0. The van der Waals surface area contributed by atoms with Crippen LogP contribution in [0.5, 0.6) is 0 Å². The second kappa shape index (κ2) is 10.5. The number of aryl methyl sites for hydroxylation is 1. The fourth-order valence-electron chi connectivity index (χ4n) is 3.35. The number of carbonyl (C=O) groups is 1. The maximum Gasteiger partial charge on any atom is 0.227 e. The van der Waals surface area contributed by atoms with Gasteiger partial charge in [0.15, 0.2) is 5.96 Å². The molecule has 0 saturated carbocycles. The van der Waals surface area contributed by atoms with Crippen LogP contribution in [-0.4, -0.2) is 49.1 Å². The van der Waals surface area contributed by atoms with Crippen LogP contribution in [0.15, 0.2) is 53.5 Å². The van der Waals surface area contributed by atoms with E-state index in [2.05, 4.69) is 55.1 Å². The van der Waals surface area contributed by atoms with Gasteiger partial charge in [-0.1, -0.05) is 24.3 Å². The van der Waals surface area contributed by atoms with Crippen molar-refractivity contribution in [3.8, 4) is 0 Å². The van der Waals surface area contributed by atoms with Crippen molar-refractivity contribution in [2.75, 3.05) is 36.4 Å². The molecule has 3 N–H and O–H groups in total. The molecule has 29 heavy (non-hydrogen) atoms. The molecule has 0 aliphatic carbocycles. The molecule has 154 valence electrons. The number of hydrogen-bond donors (Lipinski definition) is 3. The Morgan fingerprint density at radius 1 is 1.21 bits per heavy atom. The van der Waals surface area contributed by atoms with Crippen molar-refractivity contribution < 1.29 is 4.79 Å². The fourth-order valence-corrected chi connectivity index (χ4v) is 3.35. The van der Waals surface area contributed by atoms with E-state index in [1.807, 2.05) is 32.0 Å². The van der Waals surface area contributed by atoms with E-state index in [1.165, 1.54) is 5.69 Å². The number of nitrogens with zero attached hydrogens (tertiary/aromatic N) is 3. The second-order valence-corrected chi connectivity index (χ2v) is 7.13. The maximum absolute atomic E-state index is 12.1. The molecule has 1 amide bonds. The standard InChI is InChI=1S/C22H30N6O/c1-3-23-22(24-14-12-21(29)27-20-11-7-8-17(2)25-20)26-18-13-15-28(16-18)19-9-5-4-6-10-19/h4-11,18H,3,12-16H2,1-2H3,(H2,23,24,26)(H,25,27,29). The second-order valence-electron chi connectivity index (χ2n) is 7.13. The monoisotopic (exact) mass is 394 g/mol. The van der Waals surface area contributed by atoms with Crippen LogP contribution in [0.3, 0.4) is 0 Å². The average molecular weight is 395 g/mol. The molecule has 2 aromatic rings. The van der Waals surface area contributed by atoms with Gasteiger partial charge in [-0.2, -0.15) is 0 Å². The van der Waals surface area contributed by atoms with Crippen molar-refractivity contribution in [2.24, 2.45) is 4.99 Å². The van der Waals surface area contributed by atoms with Crippen molar-refractivity contribution in [3.05, 3.63) is 54.2 Å². The minimum Gasteiger partial charge on any atom is -0.369 e. The fraction of sp³-hybridized carbons (Fsp3) is 0.409. The predicted octanol–water partition coefficient (Wildman–Crippen LogP) is 2.55. The Bertz CT molecular complexity index is 823. The Kier molecular flexibility index (Phi) is 7.44. The first kappa shape index (κ1) is 20.6. The van der Waals surface area contributed by atoms with Gasteiger partial charge in [-0.3, -0.25) is 9.79 Å². The molecule has 2 heterocycles. The number of anilines is 2. The molecular formula is C22H30N6O. The van der Waals surface area contributed by atoms with Crippen LogP contribution in [0.2, 0.25) is 0 Å². The van der Waals surface area contributed by atoms with E-state index in [9.17, 15) is 4.79 Å². The van der Waals surface area contributed by atoms with Gasteiger partial charge in [-0.25, -0.2) is 4.98 Å². The number of benzene rings is 1. The highest BCUT2D eigenvalue weighted by Crippen LogP contribution is 2.19. The number of rotatable bonds is 7. The molecule has 7 heteroatoms. The molecule has 1 aliphatic heterocycles. The highest BCUT2D eigenvalue weighted by atomic mass is 16.1. The van der Waals surface area contributed by atoms with Gasteiger partial charge in [-0.15, -0.1) is 0 Å². The quantitative estimate of drug-likeness (QED) is 0.497. The molecule has 0 radical (unpaired) electrons. The summed E-state index contributed by atoms with van der Waals surface area (Å²) in [5.74, 6) is 1.25. The third-order valence-electron chi connectivity index (χ3n) is 4.76. The number of aliphatic imine (C=N–C) groups is 1. The van der Waals surface area contributed by atoms with Crippen LogP contribution in [0.1, 0.15) is 25.5 Å². The predicted molar refractivity (Wildman–Crippen MR) is 118 cm³/mol. The zero-order chi connectivity index (χ0) is 20.5. The van der Waals surface area contributed by atoms with Crippen LogP contribution in [0, 0.1) is 6.92 Å². The third-order valence-corrected chi connectivity index (χ3v) is 4.76. The van der Waals surface area contributed by atoms with Gasteiger partial charge in [0.25, 0.3) is 0 Å². The van der Waals surface area contributed by atoms with Crippen molar-refractivity contribution in [1.29, 1.82) is 0 Å². The minimum atomic E-state index is -0.0844. The normalized spacial score (nSPS) is 16.6. The Balaban J connectivity index is 1.47. The molecule has 1 atom stereocenters. The van der Waals surface area contributed by atoms with Crippen molar-refractivity contribution in [2.45, 2.75) is 32.7 Å². The number of nitrogens with one attached hydrogen (secondary N) is 3. The molecule has 1 aromatic heterocycles. The van der Waals surface area contributed by atoms with Crippen LogP contribution in [0.25, 0.3) is 0 Å². The van der Waals surface area contributed by atoms with Gasteiger partial charge in [-0.05, 0) is 44.5 Å². The summed E-state index contributed by atoms with van der Waals surface area (Å²) in [5, 5.41) is 9.59. The molecule has 1 unspecified atom stereocenters. The number of carbonyl (C=O) groups excluding carboxylic acids is 1. The highest BCUT2D eigenvalue weighted by molar-refractivity contribution is 5.90. The Morgan fingerprint density at radius 3 is 2.79 bits per heavy atom. The molecule has 7 nitrogen and oxygen atoms in total. The largest absolute Gasteiger partial charge is 0.369 e. The van der Waals surface area contributed by atoms with Crippen molar-refractivity contribution in [3.63, 3.8) is 0 Å². The number of para-hydroxylation sites is 1. The lowest BCUT2D eigenvalue weighted by Crippen LogP contribution is -2.44. The molecular weight excluding hydrogens is 364 g/mol. The Labute approximate surface area is 172 Å². The van der Waals surface area contributed by atoms with E-state index >= 15 is 0 Å². The third kappa shape index (κ3) is 6.48.